The first kappa shape index (κ1) is 6.33. The van der Waals surface area contributed by atoms with E-state index < -0.39 is 0 Å². The molecule has 0 aliphatic carbocycles. The number of cyclic esters (lactones) is 1. The molecular weight excluding hydrogens is 116 g/mol. The Labute approximate surface area is 54.5 Å². The lowest BCUT2D eigenvalue weighted by Gasteiger charge is -1.98. The van der Waals surface area contributed by atoms with Gasteiger partial charge in [-0.1, -0.05) is 13.8 Å². The van der Waals surface area contributed by atoms with E-state index in [4.69, 9.17) is 0 Å². The predicted molar refractivity (Wildman–Crippen MR) is 33.6 cm³/mol. The number of ether oxygens (including phenoxy) is 1. The average molecular weight is 126 g/mol. The molecule has 50 valence electrons. The molecule has 0 bridgehead atoms. The van der Waals surface area contributed by atoms with Crippen LogP contribution in [0.2, 0.25) is 0 Å². The quantitative estimate of drug-likeness (QED) is 0.497. The first-order valence-corrected chi connectivity index (χ1v) is 3.08. The highest BCUT2D eigenvalue weighted by Crippen LogP contribution is 2.19. The Morgan fingerprint density at radius 1 is 1.67 bits per heavy atom. The lowest BCUT2D eigenvalue weighted by molar-refractivity contribution is -0.135. The van der Waals surface area contributed by atoms with Crippen LogP contribution in [0.1, 0.15) is 20.3 Å². The Balaban J connectivity index is 2.55. The van der Waals surface area contributed by atoms with Crippen molar-refractivity contribution in [2.45, 2.75) is 20.3 Å². The van der Waals surface area contributed by atoms with Gasteiger partial charge >= 0.3 is 5.97 Å². The van der Waals surface area contributed by atoms with Gasteiger partial charge < -0.3 is 4.74 Å². The molecule has 0 atom stereocenters. The Morgan fingerprint density at radius 2 is 2.33 bits per heavy atom. The van der Waals surface area contributed by atoms with Crippen LogP contribution in [0.15, 0.2) is 11.8 Å². The zero-order valence-electron chi connectivity index (χ0n) is 5.68. The van der Waals surface area contributed by atoms with E-state index in [2.05, 4.69) is 4.74 Å². The van der Waals surface area contributed by atoms with Gasteiger partial charge in [0, 0.05) is 0 Å². The van der Waals surface area contributed by atoms with Crippen molar-refractivity contribution in [2.75, 3.05) is 0 Å². The van der Waals surface area contributed by atoms with Gasteiger partial charge in [-0.2, -0.15) is 0 Å². The molecule has 0 unspecified atom stereocenters. The van der Waals surface area contributed by atoms with Crippen LogP contribution in [0.5, 0.6) is 0 Å². The van der Waals surface area contributed by atoms with Crippen LogP contribution in [0.3, 0.4) is 0 Å². The van der Waals surface area contributed by atoms with E-state index in [9.17, 15) is 4.79 Å². The minimum Gasteiger partial charge on any atom is -0.434 e. The standard InChI is InChI=1S/C7H10O2/c1-5(2)6-3-7(8)9-4-6/h4-5H,3H2,1-2H3. The van der Waals surface area contributed by atoms with Crippen molar-refractivity contribution in [1.29, 1.82) is 0 Å². The second-order valence-corrected chi connectivity index (χ2v) is 2.51. The second-order valence-electron chi connectivity index (χ2n) is 2.51. The van der Waals surface area contributed by atoms with E-state index in [0.717, 1.165) is 5.57 Å². The van der Waals surface area contributed by atoms with Crippen LogP contribution in [0.25, 0.3) is 0 Å². The highest BCUT2D eigenvalue weighted by molar-refractivity contribution is 5.75. The summed E-state index contributed by atoms with van der Waals surface area (Å²) in [6.45, 7) is 4.10. The van der Waals surface area contributed by atoms with Gasteiger partial charge in [0.15, 0.2) is 0 Å². The molecule has 0 aromatic heterocycles. The molecule has 0 N–H and O–H groups in total. The Kier molecular flexibility index (Phi) is 1.56. The number of hydrogen-bond donors (Lipinski definition) is 0. The Morgan fingerprint density at radius 3 is 2.56 bits per heavy atom. The number of rotatable bonds is 1. The number of carbonyl (C=O) groups excluding carboxylic acids is 1. The molecule has 1 aliphatic heterocycles. The molecule has 0 saturated heterocycles. The highest BCUT2D eigenvalue weighted by Gasteiger charge is 2.16. The third-order valence-corrected chi connectivity index (χ3v) is 1.43. The largest absolute Gasteiger partial charge is 0.434 e. The highest BCUT2D eigenvalue weighted by atomic mass is 16.5. The van der Waals surface area contributed by atoms with Gasteiger partial charge in [-0.25, -0.2) is 0 Å². The molecule has 2 heteroatoms. The molecular formula is C7H10O2. The van der Waals surface area contributed by atoms with Crippen molar-refractivity contribution >= 4 is 5.97 Å². The molecule has 0 radical (unpaired) electrons. The SMILES string of the molecule is CC(C)C1=COC(=O)C1. The van der Waals surface area contributed by atoms with E-state index in [1.165, 1.54) is 0 Å². The average Bonchev–Trinajstić information content (AvgIpc) is 2.14. The fourth-order valence-corrected chi connectivity index (χ4v) is 0.732. The lowest BCUT2D eigenvalue weighted by atomic mass is 10.0. The molecule has 0 spiro atoms. The zero-order chi connectivity index (χ0) is 6.85. The number of esters is 1. The van der Waals surface area contributed by atoms with Gasteiger partial charge in [0.2, 0.25) is 0 Å². The summed E-state index contributed by atoms with van der Waals surface area (Å²) in [5.41, 5.74) is 1.10. The van der Waals surface area contributed by atoms with Crippen molar-refractivity contribution in [1.82, 2.24) is 0 Å². The maximum Gasteiger partial charge on any atom is 0.314 e. The van der Waals surface area contributed by atoms with Crippen molar-refractivity contribution < 1.29 is 9.53 Å². The number of carbonyl (C=O) groups is 1. The second kappa shape index (κ2) is 2.21. The molecule has 0 saturated carbocycles. The fourth-order valence-electron chi connectivity index (χ4n) is 0.732. The molecule has 2 nitrogen and oxygen atoms in total. The third-order valence-electron chi connectivity index (χ3n) is 1.43. The van der Waals surface area contributed by atoms with Crippen LogP contribution in [-0.4, -0.2) is 5.97 Å². The third kappa shape index (κ3) is 1.31. The summed E-state index contributed by atoms with van der Waals surface area (Å²) in [7, 11) is 0. The van der Waals surface area contributed by atoms with Crippen molar-refractivity contribution in [3.63, 3.8) is 0 Å². The van der Waals surface area contributed by atoms with Crippen LogP contribution >= 0.6 is 0 Å². The molecule has 1 rings (SSSR count). The molecule has 0 fully saturated rings. The molecule has 0 aromatic carbocycles. The van der Waals surface area contributed by atoms with Crippen molar-refractivity contribution in [3.8, 4) is 0 Å². The zero-order valence-corrected chi connectivity index (χ0v) is 5.68. The van der Waals surface area contributed by atoms with Gasteiger partial charge in [0.25, 0.3) is 0 Å². The Bertz CT molecular complexity index is 156. The van der Waals surface area contributed by atoms with Gasteiger partial charge in [0.1, 0.15) is 0 Å². The van der Waals surface area contributed by atoms with E-state index in [-0.39, 0.29) is 5.97 Å². The number of hydrogen-bond acceptors (Lipinski definition) is 2. The monoisotopic (exact) mass is 126 g/mol. The smallest absolute Gasteiger partial charge is 0.314 e. The molecule has 9 heavy (non-hydrogen) atoms. The van der Waals surface area contributed by atoms with E-state index in [1.807, 2.05) is 13.8 Å². The molecule has 0 amide bonds. The summed E-state index contributed by atoms with van der Waals surface area (Å²) in [5, 5.41) is 0. The summed E-state index contributed by atoms with van der Waals surface area (Å²) in [6, 6.07) is 0. The van der Waals surface area contributed by atoms with Crippen LogP contribution in [0.4, 0.5) is 0 Å². The molecule has 1 heterocycles. The molecule has 0 aromatic rings. The normalized spacial score (nSPS) is 18.1. The summed E-state index contributed by atoms with van der Waals surface area (Å²) < 4.78 is 4.63. The van der Waals surface area contributed by atoms with Crippen LogP contribution < -0.4 is 0 Å². The molecule has 1 aliphatic rings. The van der Waals surface area contributed by atoms with Gasteiger partial charge in [0.05, 0.1) is 12.7 Å². The van der Waals surface area contributed by atoms with E-state index >= 15 is 0 Å². The summed E-state index contributed by atoms with van der Waals surface area (Å²) in [5.74, 6) is 0.315. The van der Waals surface area contributed by atoms with Gasteiger partial charge in [-0.15, -0.1) is 0 Å². The van der Waals surface area contributed by atoms with Crippen molar-refractivity contribution in [2.24, 2.45) is 5.92 Å². The van der Waals surface area contributed by atoms with Crippen molar-refractivity contribution in [3.05, 3.63) is 11.8 Å². The van der Waals surface area contributed by atoms with Gasteiger partial charge in [-0.05, 0) is 11.5 Å². The van der Waals surface area contributed by atoms with E-state index in [0.29, 0.717) is 12.3 Å². The first-order chi connectivity index (χ1) is 4.20. The minimum atomic E-state index is -0.126. The Hall–Kier alpha value is -0.790. The summed E-state index contributed by atoms with van der Waals surface area (Å²) in [4.78, 5) is 10.5. The summed E-state index contributed by atoms with van der Waals surface area (Å²) >= 11 is 0. The minimum absolute atomic E-state index is 0.126. The van der Waals surface area contributed by atoms with E-state index in [1.54, 1.807) is 6.26 Å². The van der Waals surface area contributed by atoms with Crippen LogP contribution in [-0.2, 0) is 9.53 Å². The van der Waals surface area contributed by atoms with Crippen LogP contribution in [0, 0.1) is 5.92 Å². The fraction of sp³-hybridized carbons (Fsp3) is 0.571. The topological polar surface area (TPSA) is 26.3 Å². The predicted octanol–water partition coefficient (Wildman–Crippen LogP) is 1.47. The lowest BCUT2D eigenvalue weighted by Crippen LogP contribution is -1.94. The maximum absolute atomic E-state index is 10.5. The van der Waals surface area contributed by atoms with Gasteiger partial charge in [-0.3, -0.25) is 4.79 Å². The first-order valence-electron chi connectivity index (χ1n) is 3.08. The maximum atomic E-state index is 10.5. The summed E-state index contributed by atoms with van der Waals surface area (Å²) in [6.07, 6.45) is 2.05.